The van der Waals surface area contributed by atoms with Gasteiger partial charge < -0.3 is 18.8 Å². The molecular weight excluding hydrogens is 330 g/mol. The molecule has 0 saturated heterocycles. The molecule has 0 spiro atoms. The van der Waals surface area contributed by atoms with Crippen LogP contribution in [0.3, 0.4) is 0 Å². The highest BCUT2D eigenvalue weighted by molar-refractivity contribution is 5.81. The van der Waals surface area contributed by atoms with E-state index in [9.17, 15) is 4.79 Å². The predicted molar refractivity (Wildman–Crippen MR) is 103 cm³/mol. The van der Waals surface area contributed by atoms with Gasteiger partial charge in [0.05, 0.1) is 19.1 Å². The number of benzene rings is 2. The molecule has 0 amide bonds. The number of rotatable bonds is 7. The third kappa shape index (κ3) is 3.89. The summed E-state index contributed by atoms with van der Waals surface area (Å²) in [4.78, 5) is 15.0. The number of para-hydroxylation sites is 1. The molecule has 0 fully saturated rings. The van der Waals surface area contributed by atoms with Gasteiger partial charge in [-0.3, -0.25) is 4.79 Å². The average molecular weight is 353 g/mol. The lowest BCUT2D eigenvalue weighted by Gasteiger charge is -2.13. The minimum Gasteiger partial charge on any atom is -0.497 e. The Bertz CT molecular complexity index is 929. The molecule has 5 heteroatoms. The Hall–Kier alpha value is -2.79. The zero-order chi connectivity index (χ0) is 18.5. The smallest absolute Gasteiger partial charge is 0.235 e. The zero-order valence-corrected chi connectivity index (χ0v) is 15.3. The third-order valence-corrected chi connectivity index (χ3v) is 4.10. The van der Waals surface area contributed by atoms with E-state index in [1.165, 1.54) is 0 Å². The summed E-state index contributed by atoms with van der Waals surface area (Å²) in [5.74, 6) is 1.44. The van der Waals surface area contributed by atoms with Gasteiger partial charge >= 0.3 is 0 Å². The Labute approximate surface area is 152 Å². The van der Waals surface area contributed by atoms with Crippen molar-refractivity contribution in [2.24, 2.45) is 0 Å². The Morgan fingerprint density at radius 1 is 1.04 bits per heavy atom. The minimum absolute atomic E-state index is 0.150. The maximum atomic E-state index is 13.0. The van der Waals surface area contributed by atoms with E-state index in [2.05, 4.69) is 4.90 Å². The molecule has 26 heavy (non-hydrogen) atoms. The van der Waals surface area contributed by atoms with E-state index in [0.717, 1.165) is 24.3 Å². The fraction of sp³-hybridized carbons (Fsp3) is 0.286. The second-order valence-corrected chi connectivity index (χ2v) is 6.32. The standard InChI is InChI=1S/C21H23NO4/c1-22(2)13-6-14-25-21-19(23)17-7-4-5-8-18(17)26-20(21)15-9-11-16(24-3)12-10-15/h4-5,7-12H,6,13-14H2,1-3H3. The first-order valence-corrected chi connectivity index (χ1v) is 8.58. The molecule has 0 aliphatic carbocycles. The zero-order valence-electron chi connectivity index (χ0n) is 15.3. The molecule has 2 aromatic carbocycles. The summed E-state index contributed by atoms with van der Waals surface area (Å²) in [6.45, 7) is 1.33. The maximum Gasteiger partial charge on any atom is 0.235 e. The van der Waals surface area contributed by atoms with Crippen molar-refractivity contribution in [2.75, 3.05) is 34.4 Å². The van der Waals surface area contributed by atoms with Crippen molar-refractivity contribution in [3.63, 3.8) is 0 Å². The Kier molecular flexibility index (Phi) is 5.58. The average Bonchev–Trinajstić information content (AvgIpc) is 2.66. The van der Waals surface area contributed by atoms with Gasteiger partial charge in [0.2, 0.25) is 11.2 Å². The first kappa shape index (κ1) is 18.0. The highest BCUT2D eigenvalue weighted by Crippen LogP contribution is 2.31. The van der Waals surface area contributed by atoms with E-state index >= 15 is 0 Å². The van der Waals surface area contributed by atoms with Gasteiger partial charge in [-0.05, 0) is 56.9 Å². The van der Waals surface area contributed by atoms with Crippen LogP contribution in [0.2, 0.25) is 0 Å². The van der Waals surface area contributed by atoms with Crippen LogP contribution in [-0.4, -0.2) is 39.3 Å². The molecule has 0 N–H and O–H groups in total. The molecule has 0 radical (unpaired) electrons. The number of methoxy groups -OCH3 is 1. The Morgan fingerprint density at radius 2 is 1.77 bits per heavy atom. The molecule has 0 bridgehead atoms. The number of hydrogen-bond donors (Lipinski definition) is 0. The van der Waals surface area contributed by atoms with E-state index < -0.39 is 0 Å². The number of nitrogens with zero attached hydrogens (tertiary/aromatic N) is 1. The van der Waals surface area contributed by atoms with Gasteiger partial charge in [-0.2, -0.15) is 0 Å². The second kappa shape index (κ2) is 8.06. The maximum absolute atomic E-state index is 13.0. The lowest BCUT2D eigenvalue weighted by atomic mass is 10.1. The van der Waals surface area contributed by atoms with Gasteiger partial charge in [-0.1, -0.05) is 12.1 Å². The molecule has 0 saturated carbocycles. The van der Waals surface area contributed by atoms with Crippen molar-refractivity contribution < 1.29 is 13.9 Å². The Morgan fingerprint density at radius 3 is 2.46 bits per heavy atom. The molecule has 1 heterocycles. The molecular formula is C21H23NO4. The van der Waals surface area contributed by atoms with E-state index in [-0.39, 0.29) is 11.2 Å². The van der Waals surface area contributed by atoms with Crippen molar-refractivity contribution in [2.45, 2.75) is 6.42 Å². The molecule has 0 aliphatic heterocycles. The van der Waals surface area contributed by atoms with Gasteiger partial charge in [0, 0.05) is 12.1 Å². The summed E-state index contributed by atoms with van der Waals surface area (Å²) >= 11 is 0. The minimum atomic E-state index is -0.150. The fourth-order valence-electron chi connectivity index (χ4n) is 2.74. The summed E-state index contributed by atoms with van der Waals surface area (Å²) in [6.07, 6.45) is 0.821. The second-order valence-electron chi connectivity index (χ2n) is 6.32. The summed E-state index contributed by atoms with van der Waals surface area (Å²) in [6, 6.07) is 14.6. The lowest BCUT2D eigenvalue weighted by molar-refractivity contribution is 0.276. The van der Waals surface area contributed by atoms with Gasteiger partial charge in [0.1, 0.15) is 11.3 Å². The van der Waals surface area contributed by atoms with Crippen LogP contribution in [0.4, 0.5) is 0 Å². The monoisotopic (exact) mass is 353 g/mol. The third-order valence-electron chi connectivity index (χ3n) is 4.10. The fourth-order valence-corrected chi connectivity index (χ4v) is 2.74. The van der Waals surface area contributed by atoms with Crippen LogP contribution in [0, 0.1) is 0 Å². The van der Waals surface area contributed by atoms with Crippen LogP contribution in [-0.2, 0) is 0 Å². The van der Waals surface area contributed by atoms with Crippen LogP contribution in [0.5, 0.6) is 11.5 Å². The van der Waals surface area contributed by atoms with E-state index in [1.807, 2.05) is 50.5 Å². The predicted octanol–water partition coefficient (Wildman–Crippen LogP) is 3.80. The van der Waals surface area contributed by atoms with Crippen molar-refractivity contribution in [3.8, 4) is 22.8 Å². The van der Waals surface area contributed by atoms with Crippen LogP contribution in [0.25, 0.3) is 22.3 Å². The van der Waals surface area contributed by atoms with Gasteiger partial charge in [-0.15, -0.1) is 0 Å². The highest BCUT2D eigenvalue weighted by atomic mass is 16.5. The van der Waals surface area contributed by atoms with Crippen molar-refractivity contribution >= 4 is 11.0 Å². The summed E-state index contributed by atoms with van der Waals surface area (Å²) in [5.41, 5.74) is 1.17. The SMILES string of the molecule is COc1ccc(-c2oc3ccccc3c(=O)c2OCCCN(C)C)cc1. The molecule has 5 nitrogen and oxygen atoms in total. The van der Waals surface area contributed by atoms with Crippen LogP contribution < -0.4 is 14.9 Å². The number of hydrogen-bond acceptors (Lipinski definition) is 5. The quantitative estimate of drug-likeness (QED) is 0.605. The molecule has 3 aromatic rings. The molecule has 3 rings (SSSR count). The summed E-state index contributed by atoms with van der Waals surface area (Å²) < 4.78 is 17.1. The topological polar surface area (TPSA) is 51.9 Å². The molecule has 0 aliphatic rings. The van der Waals surface area contributed by atoms with Crippen LogP contribution in [0.1, 0.15) is 6.42 Å². The first-order chi connectivity index (χ1) is 12.6. The molecule has 0 unspecified atom stereocenters. The first-order valence-electron chi connectivity index (χ1n) is 8.58. The van der Waals surface area contributed by atoms with E-state index in [0.29, 0.717) is 23.3 Å². The van der Waals surface area contributed by atoms with E-state index in [4.69, 9.17) is 13.9 Å². The van der Waals surface area contributed by atoms with Gasteiger partial charge in [0.25, 0.3) is 0 Å². The molecule has 0 atom stereocenters. The van der Waals surface area contributed by atoms with Gasteiger partial charge in [0.15, 0.2) is 5.76 Å². The van der Waals surface area contributed by atoms with Crippen LogP contribution >= 0.6 is 0 Å². The van der Waals surface area contributed by atoms with Crippen molar-refractivity contribution in [1.82, 2.24) is 4.90 Å². The van der Waals surface area contributed by atoms with Crippen molar-refractivity contribution in [3.05, 3.63) is 58.8 Å². The van der Waals surface area contributed by atoms with E-state index in [1.54, 1.807) is 19.2 Å². The summed E-state index contributed by atoms with van der Waals surface area (Å²) in [7, 11) is 5.63. The molecule has 136 valence electrons. The molecule has 1 aromatic heterocycles. The highest BCUT2D eigenvalue weighted by Gasteiger charge is 2.17. The Balaban J connectivity index is 2.03. The normalized spacial score (nSPS) is 11.1. The summed E-state index contributed by atoms with van der Waals surface area (Å²) in [5, 5.41) is 0.521. The van der Waals surface area contributed by atoms with Crippen LogP contribution in [0.15, 0.2) is 57.7 Å². The van der Waals surface area contributed by atoms with Gasteiger partial charge in [-0.25, -0.2) is 0 Å². The number of ether oxygens (including phenoxy) is 2. The number of fused-ring (bicyclic) bond motifs is 1. The van der Waals surface area contributed by atoms with Crippen molar-refractivity contribution in [1.29, 1.82) is 0 Å². The largest absolute Gasteiger partial charge is 0.497 e. The lowest BCUT2D eigenvalue weighted by Crippen LogP contribution is -2.17.